The van der Waals surface area contributed by atoms with E-state index in [2.05, 4.69) is 46.9 Å². The Bertz CT molecular complexity index is 970. The van der Waals surface area contributed by atoms with Gasteiger partial charge in [0.2, 0.25) is 3.79 Å². The summed E-state index contributed by atoms with van der Waals surface area (Å²) >= 11 is 18.7. The lowest BCUT2D eigenvalue weighted by atomic mass is 9.98. The number of nitrogens with one attached hydrogen (secondary N) is 1. The van der Waals surface area contributed by atoms with Crippen LogP contribution in [0.15, 0.2) is 35.2 Å². The molecule has 13 heteroatoms. The van der Waals surface area contributed by atoms with Crippen molar-refractivity contribution in [3.8, 4) is 0 Å². The quantitative estimate of drug-likeness (QED) is 0.229. The molecule has 0 spiro atoms. The summed E-state index contributed by atoms with van der Waals surface area (Å²) in [5.41, 5.74) is -0.672. The average Bonchev–Trinajstić information content (AvgIpc) is 2.78. The number of alkyl carbamates (subject to hydrolysis) is 1. The Kier molecular flexibility index (Phi) is 10.1. The second kappa shape index (κ2) is 12.0. The minimum atomic E-state index is -2.97. The molecule has 5 atom stereocenters. The molecule has 214 valence electrons. The van der Waals surface area contributed by atoms with Gasteiger partial charge in [0.1, 0.15) is 30.3 Å². The molecule has 2 aliphatic heterocycles. The van der Waals surface area contributed by atoms with Crippen molar-refractivity contribution in [1.29, 1.82) is 0 Å². The molecule has 2 saturated heterocycles. The largest absolute Gasteiger partial charge is 0.457 e. The van der Waals surface area contributed by atoms with Crippen molar-refractivity contribution in [3.05, 3.63) is 30.3 Å². The van der Waals surface area contributed by atoms with Gasteiger partial charge in [-0.05, 0) is 12.1 Å². The number of carbonyl (C=O) groups excluding carboxylic acids is 2. The predicted molar refractivity (Wildman–Crippen MR) is 151 cm³/mol. The standard InChI is InChI=1S/C25H36Cl3NO7SSi/c1-15(30)34-20-18(29-22(31)32-14-25(26,27)28)21(37-16-11-9-8-10-12-16)35-17-13-33-38(23(2,3)4,24(5,6)7)36-19(17)20/h8-12,17-21H,13-14H2,1-7H3,(H,29,31)/t17-,18-,19+,20-,21-/m1/s1. The van der Waals surface area contributed by atoms with E-state index in [0.29, 0.717) is 0 Å². The van der Waals surface area contributed by atoms with Crippen LogP contribution in [0, 0.1) is 0 Å². The van der Waals surface area contributed by atoms with E-state index in [1.54, 1.807) is 0 Å². The molecule has 0 aromatic heterocycles. The van der Waals surface area contributed by atoms with Gasteiger partial charge >= 0.3 is 20.6 Å². The van der Waals surface area contributed by atoms with E-state index in [1.165, 1.54) is 18.7 Å². The summed E-state index contributed by atoms with van der Waals surface area (Å²) in [4.78, 5) is 26.1. The van der Waals surface area contributed by atoms with Crippen LogP contribution >= 0.6 is 46.6 Å². The zero-order chi connectivity index (χ0) is 28.5. The van der Waals surface area contributed by atoms with Crippen LogP contribution in [0.4, 0.5) is 4.79 Å². The normalized spacial score (nSPS) is 27.7. The first-order chi connectivity index (χ1) is 17.4. The third-order valence-corrected chi connectivity index (χ3v) is 13.0. The minimum absolute atomic E-state index is 0.263. The Labute approximate surface area is 244 Å². The number of carbonyl (C=O) groups is 2. The summed E-state index contributed by atoms with van der Waals surface area (Å²) in [6, 6.07) is 8.69. The van der Waals surface area contributed by atoms with Gasteiger partial charge in [0, 0.05) is 21.9 Å². The van der Waals surface area contributed by atoms with Gasteiger partial charge in [-0.1, -0.05) is 106 Å². The Balaban J connectivity index is 2.00. The number of ether oxygens (including phenoxy) is 3. The number of hydrogen-bond acceptors (Lipinski definition) is 8. The maximum atomic E-state index is 12.8. The molecule has 0 saturated carbocycles. The number of rotatable bonds is 5. The van der Waals surface area contributed by atoms with Crippen LogP contribution in [-0.4, -0.2) is 67.4 Å². The Morgan fingerprint density at radius 1 is 1.08 bits per heavy atom. The Morgan fingerprint density at radius 2 is 1.68 bits per heavy atom. The van der Waals surface area contributed by atoms with Crippen LogP contribution < -0.4 is 5.32 Å². The van der Waals surface area contributed by atoms with E-state index in [4.69, 9.17) is 57.9 Å². The SMILES string of the molecule is CC(=O)O[C@@H]1[C@@H](NC(=O)OCC(Cl)(Cl)Cl)[C@@H](Sc2ccccc2)O[C@@H]2CO[Si](C(C)(C)C)(C(C)(C)C)O[C@H]12. The highest BCUT2D eigenvalue weighted by molar-refractivity contribution is 7.99. The van der Waals surface area contributed by atoms with Crippen LogP contribution in [0.2, 0.25) is 10.1 Å². The summed E-state index contributed by atoms with van der Waals surface area (Å²) in [5, 5.41) is 2.15. The first-order valence-electron chi connectivity index (χ1n) is 12.3. The van der Waals surface area contributed by atoms with Crippen molar-refractivity contribution >= 4 is 67.2 Å². The highest BCUT2D eigenvalue weighted by Crippen LogP contribution is 2.55. The van der Waals surface area contributed by atoms with Gasteiger partial charge in [-0.15, -0.1) is 0 Å². The molecule has 0 aliphatic carbocycles. The van der Waals surface area contributed by atoms with Crippen molar-refractivity contribution in [2.45, 2.75) is 97.0 Å². The fraction of sp³-hybridized carbons (Fsp3) is 0.680. The summed E-state index contributed by atoms with van der Waals surface area (Å²) in [7, 11) is -2.97. The maximum Gasteiger partial charge on any atom is 0.407 e. The summed E-state index contributed by atoms with van der Waals surface area (Å²) < 4.78 is 29.2. The monoisotopic (exact) mass is 627 g/mol. The maximum absolute atomic E-state index is 12.8. The van der Waals surface area contributed by atoms with Gasteiger partial charge in [-0.25, -0.2) is 4.79 Å². The third kappa shape index (κ3) is 7.51. The highest BCUT2D eigenvalue weighted by atomic mass is 35.6. The zero-order valence-corrected chi connectivity index (χ0v) is 26.7. The minimum Gasteiger partial charge on any atom is -0.457 e. The molecule has 2 fully saturated rings. The second-order valence-corrected chi connectivity index (χ2v) is 19.9. The fourth-order valence-corrected chi connectivity index (χ4v) is 11.3. The fourth-order valence-electron chi connectivity index (χ4n) is 5.06. The molecular weight excluding hydrogens is 593 g/mol. The van der Waals surface area contributed by atoms with Crippen LogP contribution in [0.3, 0.4) is 0 Å². The van der Waals surface area contributed by atoms with E-state index in [0.717, 1.165) is 4.90 Å². The number of halogens is 3. The first kappa shape index (κ1) is 31.8. The van der Waals surface area contributed by atoms with E-state index in [-0.39, 0.29) is 16.7 Å². The third-order valence-electron chi connectivity index (χ3n) is 6.32. The smallest absolute Gasteiger partial charge is 0.407 e. The zero-order valence-electron chi connectivity index (χ0n) is 22.6. The number of alkyl halides is 3. The van der Waals surface area contributed by atoms with Crippen LogP contribution in [0.5, 0.6) is 0 Å². The number of fused-ring (bicyclic) bond motifs is 1. The van der Waals surface area contributed by atoms with Gasteiger partial charge in [0.25, 0.3) is 0 Å². The second-order valence-electron chi connectivity index (χ2n) is 11.4. The van der Waals surface area contributed by atoms with Gasteiger partial charge in [-0.2, -0.15) is 0 Å². The Morgan fingerprint density at radius 3 is 2.21 bits per heavy atom. The Hall–Kier alpha value is -0.723. The van der Waals surface area contributed by atoms with Gasteiger partial charge in [0.15, 0.2) is 6.10 Å². The molecule has 2 aliphatic rings. The molecule has 1 aromatic carbocycles. The van der Waals surface area contributed by atoms with E-state index < -0.39 is 60.8 Å². The molecule has 0 radical (unpaired) electrons. The van der Waals surface area contributed by atoms with Crippen molar-refractivity contribution in [2.75, 3.05) is 13.2 Å². The van der Waals surface area contributed by atoms with E-state index >= 15 is 0 Å². The molecule has 0 bridgehead atoms. The molecule has 1 N–H and O–H groups in total. The number of thioether (sulfide) groups is 1. The molecule has 1 aromatic rings. The molecule has 38 heavy (non-hydrogen) atoms. The van der Waals surface area contributed by atoms with Crippen LogP contribution in [0.25, 0.3) is 0 Å². The number of esters is 1. The lowest BCUT2D eigenvalue weighted by Gasteiger charge is -2.58. The highest BCUT2D eigenvalue weighted by Gasteiger charge is 2.65. The summed E-state index contributed by atoms with van der Waals surface area (Å²) in [5.74, 6) is -0.519. The van der Waals surface area contributed by atoms with E-state index in [1.807, 2.05) is 30.3 Å². The molecule has 8 nitrogen and oxygen atoms in total. The lowest BCUT2D eigenvalue weighted by molar-refractivity contribution is -0.208. The lowest BCUT2D eigenvalue weighted by Crippen LogP contribution is -2.73. The van der Waals surface area contributed by atoms with Crippen molar-refractivity contribution in [3.63, 3.8) is 0 Å². The van der Waals surface area contributed by atoms with Crippen LogP contribution in [0.1, 0.15) is 48.5 Å². The summed E-state index contributed by atoms with van der Waals surface area (Å²) in [6.45, 7) is 13.7. The van der Waals surface area contributed by atoms with Crippen LogP contribution in [-0.2, 0) is 27.9 Å². The van der Waals surface area contributed by atoms with Crippen molar-refractivity contribution in [1.82, 2.24) is 5.32 Å². The number of benzene rings is 1. The van der Waals surface area contributed by atoms with Gasteiger partial charge in [-0.3, -0.25) is 4.79 Å². The van der Waals surface area contributed by atoms with Gasteiger partial charge < -0.3 is 28.4 Å². The van der Waals surface area contributed by atoms with Gasteiger partial charge in [0.05, 0.1) is 6.61 Å². The molecule has 0 unspecified atom stereocenters. The number of hydrogen-bond donors (Lipinski definition) is 1. The first-order valence-corrected chi connectivity index (χ1v) is 16.1. The predicted octanol–water partition coefficient (Wildman–Crippen LogP) is 6.36. The molecular formula is C25H36Cl3NO7SSi. The molecule has 1 amide bonds. The molecule has 3 rings (SSSR count). The van der Waals surface area contributed by atoms with Crippen molar-refractivity contribution < 1.29 is 32.7 Å². The molecule has 2 heterocycles. The number of amides is 1. The average molecular weight is 629 g/mol. The van der Waals surface area contributed by atoms with E-state index in [9.17, 15) is 9.59 Å². The van der Waals surface area contributed by atoms with Crippen molar-refractivity contribution in [2.24, 2.45) is 0 Å². The summed E-state index contributed by atoms with van der Waals surface area (Å²) in [6.07, 6.45) is -2.97. The topological polar surface area (TPSA) is 92.3 Å².